The molecule has 10 heteroatoms. The first-order valence-electron chi connectivity index (χ1n) is 7.57. The maximum absolute atomic E-state index is 12.6. The van der Waals surface area contributed by atoms with Gasteiger partial charge in [-0.1, -0.05) is 18.2 Å². The Kier molecular flexibility index (Phi) is 7.27. The maximum Gasteiger partial charge on any atom is 0.288 e. The van der Waals surface area contributed by atoms with Crippen LogP contribution in [0.25, 0.3) is 0 Å². The first-order chi connectivity index (χ1) is 12.4. The molecule has 0 aliphatic carbocycles. The van der Waals surface area contributed by atoms with Crippen LogP contribution >= 0.6 is 11.6 Å². The molecule has 0 amide bonds. The van der Waals surface area contributed by atoms with Gasteiger partial charge in [0.25, 0.3) is 15.7 Å². The molecule has 0 fully saturated rings. The third-order valence-corrected chi connectivity index (χ3v) is 7.55. The van der Waals surface area contributed by atoms with Gasteiger partial charge in [0.1, 0.15) is 5.44 Å². The van der Waals surface area contributed by atoms with Gasteiger partial charge in [-0.15, -0.1) is 15.4 Å². The van der Waals surface area contributed by atoms with Crippen LogP contribution in [0.5, 0.6) is 0 Å². The number of nitro groups is 1. The molecule has 0 N–H and O–H groups in total. The molecule has 2 aromatic carbocycles. The van der Waals surface area contributed by atoms with Crippen molar-refractivity contribution in [1.82, 2.24) is 0 Å². The van der Waals surface area contributed by atoms with Crippen molar-refractivity contribution in [2.24, 2.45) is 3.77 Å². The van der Waals surface area contributed by atoms with Gasteiger partial charge < -0.3 is 4.74 Å². The van der Waals surface area contributed by atoms with E-state index in [9.17, 15) is 18.5 Å². The molecule has 0 bridgehead atoms. The fraction of sp³-hybridized carbons (Fsp3) is 0.250. The Morgan fingerprint density at radius 3 is 2.31 bits per heavy atom. The first kappa shape index (κ1) is 20.5. The van der Waals surface area contributed by atoms with Crippen LogP contribution in [0.3, 0.4) is 0 Å². The standard InChI is InChI=1S/C16H17ClN2O5S2/c1-2-24-16(12-17)25(14-10-8-13(9-11-14)19(20)21)18-26(22,23)15-6-4-3-5-7-15/h3-11,16H,2,12H2,1H3/t16-,25+/m0/s1. The van der Waals surface area contributed by atoms with Crippen LogP contribution in [0.4, 0.5) is 5.69 Å². The molecule has 0 aliphatic heterocycles. The highest BCUT2D eigenvalue weighted by molar-refractivity contribution is 8.00. The second-order valence-electron chi connectivity index (χ2n) is 4.97. The minimum atomic E-state index is -3.94. The first-order valence-corrected chi connectivity index (χ1v) is 10.8. The highest BCUT2D eigenvalue weighted by Gasteiger charge is 2.22. The molecule has 2 atom stereocenters. The van der Waals surface area contributed by atoms with Crippen molar-refractivity contribution in [3.8, 4) is 0 Å². The Balaban J connectivity index is 2.55. The van der Waals surface area contributed by atoms with Crippen LogP contribution in [-0.2, 0) is 25.5 Å². The van der Waals surface area contributed by atoms with E-state index in [0.717, 1.165) is 0 Å². The lowest BCUT2D eigenvalue weighted by Crippen LogP contribution is -2.22. The van der Waals surface area contributed by atoms with E-state index >= 15 is 0 Å². The number of sulfonamides is 1. The number of non-ortho nitro benzene ring substituents is 1. The van der Waals surface area contributed by atoms with Gasteiger partial charge in [-0.3, -0.25) is 10.1 Å². The van der Waals surface area contributed by atoms with Crippen LogP contribution in [0.1, 0.15) is 6.92 Å². The van der Waals surface area contributed by atoms with E-state index < -0.39 is 31.1 Å². The minimum absolute atomic E-state index is 0.0295. The van der Waals surface area contributed by atoms with Crippen molar-refractivity contribution in [3.05, 3.63) is 64.7 Å². The van der Waals surface area contributed by atoms with E-state index in [1.54, 1.807) is 25.1 Å². The van der Waals surface area contributed by atoms with Crippen molar-refractivity contribution in [2.45, 2.75) is 22.2 Å². The van der Waals surface area contributed by atoms with Crippen molar-refractivity contribution in [3.63, 3.8) is 0 Å². The predicted molar refractivity (Wildman–Crippen MR) is 101 cm³/mol. The molecule has 2 rings (SSSR count). The summed E-state index contributed by atoms with van der Waals surface area (Å²) in [6.45, 7) is 2.09. The second kappa shape index (κ2) is 9.22. The van der Waals surface area contributed by atoms with Gasteiger partial charge in [0.2, 0.25) is 0 Å². The van der Waals surface area contributed by atoms with Crippen LogP contribution < -0.4 is 0 Å². The molecule has 0 heterocycles. The molecule has 26 heavy (non-hydrogen) atoms. The number of rotatable bonds is 8. The number of nitro benzene ring substituents is 1. The summed E-state index contributed by atoms with van der Waals surface area (Å²) < 4.78 is 34.9. The molecule has 2 aromatic rings. The molecule has 0 unspecified atom stereocenters. The average Bonchev–Trinajstić information content (AvgIpc) is 2.65. The monoisotopic (exact) mass is 416 g/mol. The summed E-state index contributed by atoms with van der Waals surface area (Å²) in [6.07, 6.45) is 0. The van der Waals surface area contributed by atoms with Crippen LogP contribution in [-0.4, -0.2) is 31.3 Å². The van der Waals surface area contributed by atoms with Gasteiger partial charge in [0.15, 0.2) is 0 Å². The Labute approximate surface area is 159 Å². The molecule has 0 saturated heterocycles. The van der Waals surface area contributed by atoms with Gasteiger partial charge in [-0.25, -0.2) is 0 Å². The lowest BCUT2D eigenvalue weighted by molar-refractivity contribution is -0.384. The largest absolute Gasteiger partial charge is 0.365 e. The van der Waals surface area contributed by atoms with Gasteiger partial charge in [0.05, 0.1) is 15.7 Å². The lowest BCUT2D eigenvalue weighted by atomic mass is 10.3. The van der Waals surface area contributed by atoms with E-state index in [-0.39, 0.29) is 16.5 Å². The van der Waals surface area contributed by atoms with Gasteiger partial charge >= 0.3 is 0 Å². The molecule has 0 aliphatic rings. The number of benzene rings is 2. The predicted octanol–water partition coefficient (Wildman–Crippen LogP) is 3.75. The van der Waals surface area contributed by atoms with Crippen molar-refractivity contribution >= 4 is 38.0 Å². The number of ether oxygens (including phenoxy) is 1. The average molecular weight is 417 g/mol. The van der Waals surface area contributed by atoms with Crippen molar-refractivity contribution in [1.29, 1.82) is 0 Å². The van der Waals surface area contributed by atoms with E-state index in [4.69, 9.17) is 16.3 Å². The number of halogens is 1. The van der Waals surface area contributed by atoms with Crippen LogP contribution in [0.2, 0.25) is 0 Å². The summed E-state index contributed by atoms with van der Waals surface area (Å²) >= 11 is 5.97. The summed E-state index contributed by atoms with van der Waals surface area (Å²) in [7, 11) is -5.20. The van der Waals surface area contributed by atoms with Gasteiger partial charge in [-0.05, 0) is 41.9 Å². The SMILES string of the molecule is CCO[C@H](CCl)[S@](=NS(=O)(=O)c1ccccc1)c1ccc([N+](=O)[O-])cc1. The van der Waals surface area contributed by atoms with Crippen molar-refractivity contribution in [2.75, 3.05) is 12.5 Å². The van der Waals surface area contributed by atoms with E-state index in [2.05, 4.69) is 3.77 Å². The van der Waals surface area contributed by atoms with E-state index in [1.165, 1.54) is 36.4 Å². The molecule has 0 spiro atoms. The highest BCUT2D eigenvalue weighted by atomic mass is 35.5. The highest BCUT2D eigenvalue weighted by Crippen LogP contribution is 2.23. The Morgan fingerprint density at radius 1 is 1.19 bits per heavy atom. The Bertz CT molecular complexity index is 887. The topological polar surface area (TPSA) is 98.9 Å². The fourth-order valence-corrected chi connectivity index (χ4v) is 6.02. The summed E-state index contributed by atoms with van der Waals surface area (Å²) in [5.74, 6) is 0.0295. The second-order valence-corrected chi connectivity index (χ2v) is 8.92. The van der Waals surface area contributed by atoms with Crippen molar-refractivity contribution < 1.29 is 18.1 Å². The fourth-order valence-electron chi connectivity index (χ4n) is 2.05. The normalized spacial score (nSPS) is 14.1. The molecular weight excluding hydrogens is 400 g/mol. The summed E-state index contributed by atoms with van der Waals surface area (Å²) in [5.41, 5.74) is -0.761. The quantitative estimate of drug-likeness (QED) is 0.370. The van der Waals surface area contributed by atoms with Gasteiger partial charge in [0, 0.05) is 23.6 Å². The number of hydrogen-bond acceptors (Lipinski definition) is 5. The minimum Gasteiger partial charge on any atom is -0.365 e. The molecular formula is C16H17ClN2O5S2. The smallest absolute Gasteiger partial charge is 0.288 e. The number of hydrogen-bond donors (Lipinski definition) is 0. The lowest BCUT2D eigenvalue weighted by Gasteiger charge is -2.18. The molecule has 140 valence electrons. The number of nitrogens with zero attached hydrogens (tertiary/aromatic N) is 2. The summed E-state index contributed by atoms with van der Waals surface area (Å²) in [4.78, 5) is 10.9. The molecule has 7 nitrogen and oxygen atoms in total. The molecule has 0 saturated carbocycles. The van der Waals surface area contributed by atoms with Crippen LogP contribution in [0, 0.1) is 10.1 Å². The summed E-state index contributed by atoms with van der Waals surface area (Å²) in [5, 5.41) is 10.8. The van der Waals surface area contributed by atoms with Gasteiger partial charge in [-0.2, -0.15) is 8.42 Å². The van der Waals surface area contributed by atoms with E-state index in [0.29, 0.717) is 11.5 Å². The molecule has 0 radical (unpaired) electrons. The zero-order valence-electron chi connectivity index (χ0n) is 13.8. The zero-order chi connectivity index (χ0) is 19.2. The Hall–Kier alpha value is -1.81. The van der Waals surface area contributed by atoms with Crippen LogP contribution in [0.15, 0.2) is 68.2 Å². The summed E-state index contributed by atoms with van der Waals surface area (Å²) in [6, 6.07) is 13.4. The third-order valence-electron chi connectivity index (χ3n) is 3.24. The number of alkyl halides is 1. The van der Waals surface area contributed by atoms with E-state index in [1.807, 2.05) is 0 Å². The molecule has 0 aromatic heterocycles. The maximum atomic E-state index is 12.6. The third kappa shape index (κ3) is 5.10. The Morgan fingerprint density at radius 2 is 1.81 bits per heavy atom. The zero-order valence-corrected chi connectivity index (χ0v) is 16.2.